The van der Waals surface area contributed by atoms with Gasteiger partial charge in [0.2, 0.25) is 5.91 Å². The first-order valence-corrected chi connectivity index (χ1v) is 7.87. The van der Waals surface area contributed by atoms with Crippen LogP contribution in [0.4, 0.5) is 8.78 Å². The first kappa shape index (κ1) is 20.6. The largest absolute Gasteiger partial charge is 0.435 e. The highest BCUT2D eigenvalue weighted by Crippen LogP contribution is 2.14. The molecule has 5 nitrogen and oxygen atoms in total. The molecular formula is C16H24ClF2N3O2. The van der Waals surface area contributed by atoms with Crippen LogP contribution in [0.5, 0.6) is 5.75 Å². The molecule has 1 aliphatic rings. The summed E-state index contributed by atoms with van der Waals surface area (Å²) in [6.45, 7) is 1.88. The maximum Gasteiger partial charge on any atom is 0.387 e. The van der Waals surface area contributed by atoms with Gasteiger partial charge in [-0.05, 0) is 43.6 Å². The van der Waals surface area contributed by atoms with Gasteiger partial charge < -0.3 is 15.4 Å². The van der Waals surface area contributed by atoms with Crippen LogP contribution in [0, 0.1) is 0 Å². The van der Waals surface area contributed by atoms with E-state index in [0.717, 1.165) is 38.2 Å². The fourth-order valence-corrected chi connectivity index (χ4v) is 2.50. The van der Waals surface area contributed by atoms with Crippen molar-refractivity contribution in [3.63, 3.8) is 0 Å². The average molecular weight is 364 g/mol. The van der Waals surface area contributed by atoms with E-state index in [4.69, 9.17) is 0 Å². The Balaban J connectivity index is 0.00000288. The molecule has 0 aliphatic carbocycles. The van der Waals surface area contributed by atoms with E-state index >= 15 is 0 Å². The Morgan fingerprint density at radius 1 is 1.25 bits per heavy atom. The lowest BCUT2D eigenvalue weighted by atomic mass is 10.1. The summed E-state index contributed by atoms with van der Waals surface area (Å²) in [6.07, 6.45) is 1.71. The van der Waals surface area contributed by atoms with E-state index in [-0.39, 0.29) is 24.1 Å². The molecule has 0 bridgehead atoms. The van der Waals surface area contributed by atoms with Gasteiger partial charge in [-0.25, -0.2) is 0 Å². The normalized spacial score (nSPS) is 15.5. The molecular weight excluding hydrogens is 340 g/mol. The third-order valence-corrected chi connectivity index (χ3v) is 3.68. The third-order valence-electron chi connectivity index (χ3n) is 3.68. The Bertz CT molecular complexity index is 481. The van der Waals surface area contributed by atoms with Crippen molar-refractivity contribution in [1.29, 1.82) is 0 Å². The molecule has 1 heterocycles. The number of carbonyl (C=O) groups excluding carboxylic acids is 1. The lowest BCUT2D eigenvalue weighted by Gasteiger charge is -2.18. The Hall–Kier alpha value is -1.44. The first-order chi connectivity index (χ1) is 11.1. The maximum absolute atomic E-state index is 12.1. The van der Waals surface area contributed by atoms with Crippen molar-refractivity contribution >= 4 is 18.3 Å². The molecule has 24 heavy (non-hydrogen) atoms. The summed E-state index contributed by atoms with van der Waals surface area (Å²) in [7, 11) is 0. The van der Waals surface area contributed by atoms with Crippen LogP contribution < -0.4 is 15.4 Å². The number of alkyl halides is 2. The van der Waals surface area contributed by atoms with Crippen molar-refractivity contribution in [3.05, 3.63) is 29.8 Å². The molecule has 0 spiro atoms. The maximum atomic E-state index is 12.1. The van der Waals surface area contributed by atoms with E-state index in [1.807, 2.05) is 0 Å². The molecule has 1 aromatic rings. The average Bonchev–Trinajstić information content (AvgIpc) is 2.77. The molecule has 0 unspecified atom stereocenters. The van der Waals surface area contributed by atoms with Crippen LogP contribution in [0.1, 0.15) is 12.0 Å². The van der Waals surface area contributed by atoms with Crippen LogP contribution in [0.25, 0.3) is 0 Å². The van der Waals surface area contributed by atoms with Gasteiger partial charge in [-0.2, -0.15) is 8.78 Å². The Labute approximate surface area is 147 Å². The van der Waals surface area contributed by atoms with Gasteiger partial charge in [0.25, 0.3) is 0 Å². The molecule has 1 aliphatic heterocycles. The Morgan fingerprint density at radius 3 is 2.71 bits per heavy atom. The van der Waals surface area contributed by atoms with E-state index in [0.29, 0.717) is 19.5 Å². The summed E-state index contributed by atoms with van der Waals surface area (Å²) in [6, 6.07) is 6.47. The van der Waals surface area contributed by atoms with E-state index in [2.05, 4.69) is 20.3 Å². The standard InChI is InChI=1S/C16H23F2N3O2.ClH/c17-16(18)23-14-4-2-13(3-5-14)6-8-20-15(22)12-21-10-1-7-19-9-11-21;/h2-5,16,19H,1,6-12H2,(H,20,22);1H. The second-order valence-corrected chi connectivity index (χ2v) is 5.50. The highest BCUT2D eigenvalue weighted by molar-refractivity contribution is 5.85. The predicted octanol–water partition coefficient (Wildman–Crippen LogP) is 1.66. The summed E-state index contributed by atoms with van der Waals surface area (Å²) in [5.41, 5.74) is 0.964. The van der Waals surface area contributed by atoms with Crippen LogP contribution >= 0.6 is 12.4 Å². The van der Waals surface area contributed by atoms with Crippen LogP contribution in [0.3, 0.4) is 0 Å². The molecule has 1 amide bonds. The second kappa shape index (κ2) is 11.2. The van der Waals surface area contributed by atoms with Crippen molar-refractivity contribution in [2.24, 2.45) is 0 Å². The quantitative estimate of drug-likeness (QED) is 0.773. The van der Waals surface area contributed by atoms with Crippen LogP contribution in [-0.4, -0.2) is 56.7 Å². The fourth-order valence-electron chi connectivity index (χ4n) is 2.50. The minimum atomic E-state index is -2.81. The van der Waals surface area contributed by atoms with Gasteiger partial charge in [0, 0.05) is 19.6 Å². The van der Waals surface area contributed by atoms with Crippen LogP contribution in [-0.2, 0) is 11.2 Å². The molecule has 1 saturated heterocycles. The van der Waals surface area contributed by atoms with Gasteiger partial charge in [-0.1, -0.05) is 12.1 Å². The summed E-state index contributed by atoms with van der Waals surface area (Å²) in [5.74, 6) is 0.159. The molecule has 2 rings (SSSR count). The third kappa shape index (κ3) is 7.90. The van der Waals surface area contributed by atoms with Gasteiger partial charge in [0.15, 0.2) is 0 Å². The molecule has 1 aromatic carbocycles. The van der Waals surface area contributed by atoms with Crippen molar-refractivity contribution in [2.45, 2.75) is 19.5 Å². The van der Waals surface area contributed by atoms with E-state index in [1.54, 1.807) is 12.1 Å². The monoisotopic (exact) mass is 363 g/mol. The molecule has 0 atom stereocenters. The molecule has 0 radical (unpaired) electrons. The highest BCUT2D eigenvalue weighted by Gasteiger charge is 2.12. The zero-order chi connectivity index (χ0) is 16.5. The van der Waals surface area contributed by atoms with Gasteiger partial charge >= 0.3 is 6.61 Å². The van der Waals surface area contributed by atoms with Crippen molar-refractivity contribution in [3.8, 4) is 5.75 Å². The van der Waals surface area contributed by atoms with Crippen molar-refractivity contribution in [1.82, 2.24) is 15.5 Å². The Morgan fingerprint density at radius 2 is 2.00 bits per heavy atom. The van der Waals surface area contributed by atoms with E-state index in [1.165, 1.54) is 12.1 Å². The number of carbonyl (C=O) groups is 1. The summed E-state index contributed by atoms with van der Waals surface area (Å²) >= 11 is 0. The molecule has 0 saturated carbocycles. The smallest absolute Gasteiger partial charge is 0.387 e. The zero-order valence-corrected chi connectivity index (χ0v) is 14.3. The Kier molecular flexibility index (Phi) is 9.59. The number of rotatable bonds is 7. The number of benzene rings is 1. The van der Waals surface area contributed by atoms with E-state index < -0.39 is 6.61 Å². The highest BCUT2D eigenvalue weighted by atomic mass is 35.5. The fraction of sp³-hybridized carbons (Fsp3) is 0.562. The van der Waals surface area contributed by atoms with Gasteiger partial charge in [-0.15, -0.1) is 12.4 Å². The van der Waals surface area contributed by atoms with E-state index in [9.17, 15) is 13.6 Å². The zero-order valence-electron chi connectivity index (χ0n) is 13.5. The number of nitrogens with zero attached hydrogens (tertiary/aromatic N) is 1. The lowest BCUT2D eigenvalue weighted by Crippen LogP contribution is -2.39. The minimum absolute atomic E-state index is 0. The molecule has 1 fully saturated rings. The number of halogens is 3. The minimum Gasteiger partial charge on any atom is -0.435 e. The van der Waals surface area contributed by atoms with Gasteiger partial charge in [0.05, 0.1) is 6.54 Å². The number of hydrogen-bond donors (Lipinski definition) is 2. The number of hydrogen-bond acceptors (Lipinski definition) is 4. The lowest BCUT2D eigenvalue weighted by molar-refractivity contribution is -0.122. The molecule has 8 heteroatoms. The predicted molar refractivity (Wildman–Crippen MR) is 91.0 cm³/mol. The molecule has 2 N–H and O–H groups in total. The topological polar surface area (TPSA) is 53.6 Å². The molecule has 0 aromatic heterocycles. The summed E-state index contributed by atoms with van der Waals surface area (Å²) < 4.78 is 28.4. The van der Waals surface area contributed by atoms with Crippen molar-refractivity contribution in [2.75, 3.05) is 39.3 Å². The van der Waals surface area contributed by atoms with Crippen LogP contribution in [0.15, 0.2) is 24.3 Å². The van der Waals surface area contributed by atoms with Gasteiger partial charge in [0.1, 0.15) is 5.75 Å². The first-order valence-electron chi connectivity index (χ1n) is 7.87. The SMILES string of the molecule is Cl.O=C(CN1CCCNCC1)NCCc1ccc(OC(F)F)cc1. The molecule has 136 valence electrons. The summed E-state index contributed by atoms with van der Waals surface area (Å²) in [4.78, 5) is 14.1. The number of nitrogens with one attached hydrogen (secondary N) is 2. The summed E-state index contributed by atoms with van der Waals surface area (Å²) in [5, 5.41) is 6.19. The number of amides is 1. The van der Waals surface area contributed by atoms with Crippen molar-refractivity contribution < 1.29 is 18.3 Å². The van der Waals surface area contributed by atoms with Gasteiger partial charge in [-0.3, -0.25) is 9.69 Å². The van der Waals surface area contributed by atoms with Crippen LogP contribution in [0.2, 0.25) is 0 Å². The second-order valence-electron chi connectivity index (χ2n) is 5.50. The number of ether oxygens (including phenoxy) is 1.